The molecular weight excluding hydrogens is 272 g/mol. The third kappa shape index (κ3) is 2.94. The Morgan fingerprint density at radius 2 is 2.14 bits per heavy atom. The van der Waals surface area contributed by atoms with Gasteiger partial charge in [0, 0.05) is 25.0 Å². The number of hydrogen-bond acceptors (Lipinski definition) is 2. The number of allylic oxidation sites excluding steroid dienone is 2. The minimum Gasteiger partial charge on any atom is -0.335 e. The average molecular weight is 298 g/mol. The van der Waals surface area contributed by atoms with Gasteiger partial charge in [-0.25, -0.2) is 0 Å². The third-order valence-electron chi connectivity index (χ3n) is 5.04. The molecule has 1 heterocycles. The van der Waals surface area contributed by atoms with Gasteiger partial charge in [-0.15, -0.1) is 0 Å². The molecule has 22 heavy (non-hydrogen) atoms. The maximum Gasteiger partial charge on any atom is 0.227 e. The number of hydrogen-bond donors (Lipinski definition) is 0. The highest BCUT2D eigenvalue weighted by molar-refractivity contribution is 5.84. The fourth-order valence-corrected chi connectivity index (χ4v) is 3.46. The normalized spacial score (nSPS) is 25.5. The lowest BCUT2D eigenvalue weighted by Crippen LogP contribution is -2.35. The Morgan fingerprint density at radius 1 is 1.41 bits per heavy atom. The van der Waals surface area contributed by atoms with Crippen LogP contribution in [0.4, 0.5) is 0 Å². The largest absolute Gasteiger partial charge is 0.335 e. The van der Waals surface area contributed by atoms with Crippen molar-refractivity contribution in [2.75, 3.05) is 0 Å². The van der Waals surface area contributed by atoms with Crippen molar-refractivity contribution in [1.29, 1.82) is 0 Å². The predicted molar refractivity (Wildman–Crippen MR) is 88.0 cm³/mol. The summed E-state index contributed by atoms with van der Waals surface area (Å²) in [5, 5.41) is 0. The maximum absolute atomic E-state index is 13.1. The Bertz CT molecular complexity index is 583. The van der Waals surface area contributed by atoms with Crippen LogP contribution in [0, 0.1) is 17.3 Å². The minimum absolute atomic E-state index is 0.0937. The van der Waals surface area contributed by atoms with Gasteiger partial charge in [-0.2, -0.15) is 0 Å². The molecule has 2 aliphatic rings. The van der Waals surface area contributed by atoms with Crippen molar-refractivity contribution in [2.24, 2.45) is 17.3 Å². The fourth-order valence-electron chi connectivity index (χ4n) is 3.46. The number of carbonyl (C=O) groups is 1. The van der Waals surface area contributed by atoms with Gasteiger partial charge in [0.2, 0.25) is 5.91 Å². The van der Waals surface area contributed by atoms with Crippen molar-refractivity contribution >= 4 is 5.91 Å². The van der Waals surface area contributed by atoms with Crippen molar-refractivity contribution in [3.63, 3.8) is 0 Å². The van der Waals surface area contributed by atoms with Gasteiger partial charge in [-0.05, 0) is 49.7 Å². The van der Waals surface area contributed by atoms with Crippen LogP contribution >= 0.6 is 0 Å². The molecule has 1 aromatic heterocycles. The third-order valence-corrected chi connectivity index (χ3v) is 5.04. The highest BCUT2D eigenvalue weighted by atomic mass is 16.2. The van der Waals surface area contributed by atoms with E-state index in [2.05, 4.69) is 49.7 Å². The first kappa shape index (κ1) is 15.3. The van der Waals surface area contributed by atoms with Gasteiger partial charge in [0.25, 0.3) is 0 Å². The zero-order valence-electron chi connectivity index (χ0n) is 14.0. The number of amides is 1. The van der Waals surface area contributed by atoms with E-state index in [1.54, 1.807) is 6.20 Å². The Labute approximate surface area is 133 Å². The molecule has 2 aliphatic carbocycles. The van der Waals surface area contributed by atoms with E-state index in [0.29, 0.717) is 24.4 Å². The second-order valence-electron chi connectivity index (χ2n) is 7.63. The van der Waals surface area contributed by atoms with E-state index >= 15 is 0 Å². The molecule has 2 fully saturated rings. The standard InChI is InChI=1S/C19H26N2O/c1-13(2)10-16-17(19(16,3)4)18(22)21(15-7-8-15)12-14-6-5-9-20-11-14/h5-6,9-11,15-17H,7-8,12H2,1-4H3. The van der Waals surface area contributed by atoms with Gasteiger partial charge in [0.05, 0.1) is 5.92 Å². The molecular formula is C19H26N2O. The van der Waals surface area contributed by atoms with Crippen molar-refractivity contribution in [2.45, 2.75) is 53.1 Å². The van der Waals surface area contributed by atoms with Gasteiger partial charge in [0.1, 0.15) is 0 Å². The Kier molecular flexibility index (Phi) is 3.84. The Balaban J connectivity index is 1.75. The summed E-state index contributed by atoms with van der Waals surface area (Å²) < 4.78 is 0. The lowest BCUT2D eigenvalue weighted by Gasteiger charge is -2.23. The van der Waals surface area contributed by atoms with E-state index in [1.807, 2.05) is 12.3 Å². The molecule has 3 nitrogen and oxygen atoms in total. The number of aromatic nitrogens is 1. The zero-order valence-corrected chi connectivity index (χ0v) is 14.0. The topological polar surface area (TPSA) is 33.2 Å². The van der Waals surface area contributed by atoms with Gasteiger partial charge in [-0.1, -0.05) is 31.6 Å². The number of carbonyl (C=O) groups excluding carboxylic acids is 1. The summed E-state index contributed by atoms with van der Waals surface area (Å²) in [7, 11) is 0. The molecule has 2 saturated carbocycles. The highest BCUT2D eigenvalue weighted by Crippen LogP contribution is 2.60. The summed E-state index contributed by atoms with van der Waals surface area (Å²) in [5.41, 5.74) is 2.52. The van der Waals surface area contributed by atoms with Crippen LogP contribution in [0.15, 0.2) is 36.2 Å². The Morgan fingerprint density at radius 3 is 2.68 bits per heavy atom. The van der Waals surface area contributed by atoms with E-state index in [4.69, 9.17) is 0 Å². The van der Waals surface area contributed by atoms with Crippen LogP contribution in [0.3, 0.4) is 0 Å². The summed E-state index contributed by atoms with van der Waals surface area (Å²) in [4.78, 5) is 19.3. The van der Waals surface area contributed by atoms with E-state index in [1.165, 1.54) is 5.57 Å². The summed E-state index contributed by atoms with van der Waals surface area (Å²) >= 11 is 0. The highest BCUT2D eigenvalue weighted by Gasteiger charge is 2.61. The second kappa shape index (κ2) is 5.53. The molecule has 0 saturated heterocycles. The SMILES string of the molecule is CC(C)=CC1C(C(=O)N(Cc2cccnc2)C2CC2)C1(C)C. The first-order valence-electron chi connectivity index (χ1n) is 8.25. The van der Waals surface area contributed by atoms with E-state index in [9.17, 15) is 4.79 Å². The molecule has 0 bridgehead atoms. The van der Waals surface area contributed by atoms with Crippen LogP contribution in [0.2, 0.25) is 0 Å². The molecule has 0 radical (unpaired) electrons. The first-order chi connectivity index (χ1) is 10.4. The van der Waals surface area contributed by atoms with Crippen LogP contribution in [0.1, 0.15) is 46.1 Å². The molecule has 0 spiro atoms. The van der Waals surface area contributed by atoms with Gasteiger partial charge < -0.3 is 4.90 Å². The minimum atomic E-state index is 0.0937. The van der Waals surface area contributed by atoms with Crippen molar-refractivity contribution in [3.8, 4) is 0 Å². The number of nitrogens with zero attached hydrogens (tertiary/aromatic N) is 2. The molecule has 3 heteroatoms. The maximum atomic E-state index is 13.1. The fraction of sp³-hybridized carbons (Fsp3) is 0.579. The number of pyridine rings is 1. The van der Waals surface area contributed by atoms with Gasteiger partial charge >= 0.3 is 0 Å². The summed E-state index contributed by atoms with van der Waals surface area (Å²) in [6.45, 7) is 9.36. The predicted octanol–water partition coefficient (Wildman–Crippen LogP) is 3.81. The lowest BCUT2D eigenvalue weighted by atomic mass is 10.1. The average Bonchev–Trinajstić information content (AvgIpc) is 3.35. The summed E-state index contributed by atoms with van der Waals surface area (Å²) in [6.07, 6.45) is 8.21. The van der Waals surface area contributed by atoms with Crippen molar-refractivity contribution in [1.82, 2.24) is 9.88 Å². The van der Waals surface area contributed by atoms with Crippen LogP contribution in [-0.4, -0.2) is 21.8 Å². The molecule has 1 amide bonds. The molecule has 118 valence electrons. The monoisotopic (exact) mass is 298 g/mol. The smallest absolute Gasteiger partial charge is 0.227 e. The van der Waals surface area contributed by atoms with E-state index in [0.717, 1.165) is 18.4 Å². The van der Waals surface area contributed by atoms with Gasteiger partial charge in [-0.3, -0.25) is 9.78 Å². The second-order valence-corrected chi connectivity index (χ2v) is 7.63. The number of rotatable bonds is 5. The molecule has 1 aromatic rings. The molecule has 0 aliphatic heterocycles. The van der Waals surface area contributed by atoms with Crippen molar-refractivity contribution < 1.29 is 4.79 Å². The van der Waals surface area contributed by atoms with Gasteiger partial charge in [0.15, 0.2) is 0 Å². The molecule has 2 atom stereocenters. The van der Waals surface area contributed by atoms with Crippen LogP contribution in [0.25, 0.3) is 0 Å². The van der Waals surface area contributed by atoms with Crippen LogP contribution in [0.5, 0.6) is 0 Å². The van der Waals surface area contributed by atoms with E-state index in [-0.39, 0.29) is 11.3 Å². The van der Waals surface area contributed by atoms with Crippen LogP contribution < -0.4 is 0 Å². The summed E-state index contributed by atoms with van der Waals surface area (Å²) in [6, 6.07) is 4.44. The molecule has 0 aromatic carbocycles. The first-order valence-corrected chi connectivity index (χ1v) is 8.25. The summed E-state index contributed by atoms with van der Waals surface area (Å²) in [5.74, 6) is 0.860. The lowest BCUT2D eigenvalue weighted by molar-refractivity contribution is -0.134. The zero-order chi connectivity index (χ0) is 15.9. The van der Waals surface area contributed by atoms with Crippen molar-refractivity contribution in [3.05, 3.63) is 41.7 Å². The molecule has 2 unspecified atom stereocenters. The van der Waals surface area contributed by atoms with Crippen LogP contribution in [-0.2, 0) is 11.3 Å². The quantitative estimate of drug-likeness (QED) is 0.774. The molecule has 0 N–H and O–H groups in total. The Hall–Kier alpha value is -1.64. The van der Waals surface area contributed by atoms with E-state index < -0.39 is 0 Å². The molecule has 3 rings (SSSR count).